The molecule has 3 aliphatic carbocycles. The number of rotatable bonds is 5. The van der Waals surface area contributed by atoms with Crippen LogP contribution < -0.4 is 9.64 Å². The van der Waals surface area contributed by atoms with Gasteiger partial charge < -0.3 is 4.90 Å². The number of anilines is 1. The third-order valence-corrected chi connectivity index (χ3v) is 11.5. The summed E-state index contributed by atoms with van der Waals surface area (Å²) in [7, 11) is 5.92. The zero-order valence-electron chi connectivity index (χ0n) is 29.4. The number of hydrogen-bond donors (Lipinski definition) is 0. The summed E-state index contributed by atoms with van der Waals surface area (Å²) in [4.78, 5) is 2.57. The van der Waals surface area contributed by atoms with Gasteiger partial charge in [-0.25, -0.2) is 6.54 Å². The van der Waals surface area contributed by atoms with Crippen LogP contribution in [0.25, 0.3) is 11.1 Å². The maximum absolute atomic E-state index is 6.01. The number of hydrogen-bond acceptors (Lipinski definition) is 2. The van der Waals surface area contributed by atoms with Crippen molar-refractivity contribution in [1.29, 1.82) is 0 Å². The molecule has 4 aliphatic rings. The van der Waals surface area contributed by atoms with Gasteiger partial charge in [0, 0.05) is 17.1 Å². The van der Waals surface area contributed by atoms with Gasteiger partial charge in [-0.2, -0.15) is 0 Å². The van der Waals surface area contributed by atoms with Crippen LogP contribution in [0, 0.1) is 27.3 Å². The van der Waals surface area contributed by atoms with E-state index in [9.17, 15) is 0 Å². The van der Waals surface area contributed by atoms with Gasteiger partial charge in [-0.15, -0.1) is 0 Å². The molecule has 9 rings (SSSR count). The van der Waals surface area contributed by atoms with Gasteiger partial charge in [-0.05, 0) is 56.9 Å². The van der Waals surface area contributed by atoms with E-state index in [1.165, 1.54) is 55.8 Å². The maximum atomic E-state index is 6.01. The monoisotopic (exact) mass is 751 g/mol. The van der Waals surface area contributed by atoms with E-state index in [1.807, 2.05) is 32.0 Å². The third-order valence-electron chi connectivity index (χ3n) is 10.3. The second kappa shape index (κ2) is 13.2. The molecule has 5 aromatic carbocycles. The van der Waals surface area contributed by atoms with Gasteiger partial charge in [0.1, 0.15) is 0 Å². The van der Waals surface area contributed by atoms with Crippen LogP contribution in [0.5, 0.6) is 5.75 Å². The predicted octanol–water partition coefficient (Wildman–Crippen LogP) is 11.3. The van der Waals surface area contributed by atoms with Gasteiger partial charge in [-0.3, -0.25) is 0 Å². The Labute approximate surface area is 304 Å². The van der Waals surface area contributed by atoms with Gasteiger partial charge in [0.15, 0.2) is 0 Å². The van der Waals surface area contributed by atoms with E-state index in [0.29, 0.717) is 5.92 Å². The van der Waals surface area contributed by atoms with Crippen molar-refractivity contribution in [3.05, 3.63) is 172 Å². The average Bonchev–Trinajstić information content (AvgIpc) is 3.33. The van der Waals surface area contributed by atoms with Crippen molar-refractivity contribution in [2.24, 2.45) is 0 Å². The Hall–Kier alpha value is -3.78. The van der Waals surface area contributed by atoms with Crippen LogP contribution in [-0.2, 0) is 21.1 Å². The maximum Gasteiger partial charge on any atom is 0.0276 e. The molecule has 0 unspecified atom stereocenters. The molecule has 4 heteroatoms. The van der Waals surface area contributed by atoms with Crippen molar-refractivity contribution in [3.8, 4) is 16.9 Å². The van der Waals surface area contributed by atoms with Crippen LogP contribution in [0.4, 0.5) is 5.69 Å². The fourth-order valence-electron chi connectivity index (χ4n) is 8.50. The molecule has 0 saturated carbocycles. The SMILES string of the molecule is CC(C)Oc1c([CH]=[Ru][Cl])cccc1-c1ccccc1.Cc1cc(C)c(N2[CH-]C34C(=CC(c5ccccc53)c3ccccc34)C2(C)C)c(C)c1. The van der Waals surface area contributed by atoms with Crippen LogP contribution in [0.2, 0.25) is 0 Å². The fraction of sp³-hybridized carbons (Fsp3) is 0.244. The molecule has 0 radical (unpaired) electrons. The number of halogens is 1. The molecule has 0 amide bonds. The number of nitrogens with zero attached hydrogens (tertiary/aromatic N) is 1. The second-order valence-electron chi connectivity index (χ2n) is 14.3. The third kappa shape index (κ3) is 5.64. The molecule has 0 atom stereocenters. The summed E-state index contributed by atoms with van der Waals surface area (Å²) in [5.74, 6) is 1.28. The smallest absolute Gasteiger partial charge is 0.0276 e. The Morgan fingerprint density at radius 1 is 0.796 bits per heavy atom. The summed E-state index contributed by atoms with van der Waals surface area (Å²) in [6.45, 7) is 18.1. The van der Waals surface area contributed by atoms with E-state index >= 15 is 0 Å². The number of benzene rings is 5. The molecule has 1 aliphatic heterocycles. The summed E-state index contributed by atoms with van der Waals surface area (Å²) < 4.78 is 8.08. The number of ether oxygens (including phenoxy) is 1. The molecule has 2 nitrogen and oxygen atoms in total. The van der Waals surface area contributed by atoms with E-state index in [4.69, 9.17) is 14.4 Å². The number of para-hydroxylation sites is 1. The Morgan fingerprint density at radius 3 is 1.98 bits per heavy atom. The van der Waals surface area contributed by atoms with E-state index in [-0.39, 0.29) is 32.7 Å². The van der Waals surface area contributed by atoms with E-state index in [1.54, 1.807) is 0 Å². The number of allylic oxidation sites excluding steroid dienone is 1. The second-order valence-corrected chi connectivity index (χ2v) is 16.1. The Morgan fingerprint density at radius 2 is 1.39 bits per heavy atom. The summed E-state index contributed by atoms with van der Waals surface area (Å²) in [5.41, 5.74) is 15.9. The zero-order valence-corrected chi connectivity index (χ0v) is 31.9. The van der Waals surface area contributed by atoms with E-state index in [0.717, 1.165) is 16.9 Å². The van der Waals surface area contributed by atoms with Gasteiger partial charge in [-0.1, -0.05) is 94.4 Å². The molecule has 251 valence electrons. The molecule has 1 spiro atoms. The molecule has 1 fully saturated rings. The van der Waals surface area contributed by atoms with Gasteiger partial charge in [0.25, 0.3) is 0 Å². The first-order valence-electron chi connectivity index (χ1n) is 17.1. The molecule has 0 N–H and O–H groups in total. The summed E-state index contributed by atoms with van der Waals surface area (Å²) >= 11 is -0.264. The molecule has 5 aromatic rings. The van der Waals surface area contributed by atoms with Crippen molar-refractivity contribution >= 4 is 20.0 Å². The van der Waals surface area contributed by atoms with Gasteiger partial charge in [0.05, 0.1) is 0 Å². The van der Waals surface area contributed by atoms with Crippen LogP contribution in [0.1, 0.15) is 78.1 Å². The van der Waals surface area contributed by atoms with Crippen molar-refractivity contribution in [3.63, 3.8) is 0 Å². The van der Waals surface area contributed by atoms with Crippen molar-refractivity contribution in [2.75, 3.05) is 4.90 Å². The fourth-order valence-corrected chi connectivity index (χ4v) is 9.59. The molecular weight excluding hydrogens is 707 g/mol. The Balaban J connectivity index is 0.000000172. The topological polar surface area (TPSA) is 12.5 Å². The minimum Gasteiger partial charge on any atom is -0.513 e. The molecule has 0 aromatic heterocycles. The van der Waals surface area contributed by atoms with Crippen molar-refractivity contribution < 1.29 is 20.4 Å². The van der Waals surface area contributed by atoms with Crippen LogP contribution in [0.15, 0.2) is 121 Å². The normalized spacial score (nSPS) is 19.7. The van der Waals surface area contributed by atoms with Crippen molar-refractivity contribution in [2.45, 2.75) is 71.4 Å². The zero-order chi connectivity index (χ0) is 34.5. The van der Waals surface area contributed by atoms with E-state index < -0.39 is 0 Å². The quantitative estimate of drug-likeness (QED) is 0.101. The Kier molecular flexibility index (Phi) is 9.06. The van der Waals surface area contributed by atoms with Crippen molar-refractivity contribution in [1.82, 2.24) is 0 Å². The molecule has 49 heavy (non-hydrogen) atoms. The minimum atomic E-state index is -0.264. The van der Waals surface area contributed by atoms with Gasteiger partial charge >= 0.3 is 126 Å². The minimum absolute atomic E-state index is 0.0932. The largest absolute Gasteiger partial charge is 0.513 e. The first kappa shape index (κ1) is 33.7. The number of aryl methyl sites for hydroxylation is 3. The summed E-state index contributed by atoms with van der Waals surface area (Å²) in [6.07, 6.45) is 2.71. The molecule has 1 heterocycles. The molecule has 2 bridgehead atoms. The standard InChI is InChI=1S/C29H28N.C16H16O.ClH.Ru/c1-18-14-19(2)27(20(3)15-18)30-17-29-24-12-8-6-10-21(24)23(16-26(29)28(30,4)5)22-11-7-9-13-25(22)29;1-12(2)17-16-13(3)8-7-11-15(16)14-9-5-4-6-10-14;;/h6-17,23H,1-5H3;3-12H,1-2H3;1H;/q-1;;;+1/p-1. The van der Waals surface area contributed by atoms with Crippen LogP contribution >= 0.6 is 9.69 Å². The average molecular weight is 751 g/mol. The van der Waals surface area contributed by atoms with Crippen LogP contribution in [-0.4, -0.2) is 16.3 Å². The first-order chi connectivity index (χ1) is 23.6. The molecule has 1 saturated heterocycles. The summed E-state index contributed by atoms with van der Waals surface area (Å²) in [6, 6.07) is 39.3. The Bertz CT molecular complexity index is 2020. The summed E-state index contributed by atoms with van der Waals surface area (Å²) in [5, 5.41) is 0. The molecular formula is C45H44ClNORu-. The van der Waals surface area contributed by atoms with E-state index in [2.05, 4.69) is 148 Å². The van der Waals surface area contributed by atoms with Gasteiger partial charge in [0.2, 0.25) is 0 Å². The van der Waals surface area contributed by atoms with Crippen LogP contribution in [0.3, 0.4) is 0 Å². The predicted molar refractivity (Wildman–Crippen MR) is 204 cm³/mol. The first-order valence-corrected chi connectivity index (χ1v) is 20.4.